The number of morpholine rings is 1. The van der Waals surface area contributed by atoms with E-state index in [0.29, 0.717) is 13.2 Å². The highest BCUT2D eigenvalue weighted by Crippen LogP contribution is 2.36. The van der Waals surface area contributed by atoms with Gasteiger partial charge in [0.1, 0.15) is 0 Å². The minimum atomic E-state index is -4.54. The van der Waals surface area contributed by atoms with Crippen LogP contribution in [0.2, 0.25) is 0 Å². The summed E-state index contributed by atoms with van der Waals surface area (Å²) < 4.78 is 24.9. The average Bonchev–Trinajstić information content (AvgIpc) is 2.26. The van der Waals surface area contributed by atoms with Crippen molar-refractivity contribution in [2.45, 2.75) is 13.0 Å². The fourth-order valence-electron chi connectivity index (χ4n) is 1.42. The summed E-state index contributed by atoms with van der Waals surface area (Å²) in [5.41, 5.74) is 0. The largest absolute Gasteiger partial charge is 0.469 e. The van der Waals surface area contributed by atoms with Crippen LogP contribution in [0.3, 0.4) is 0 Å². The molecule has 0 unspecified atom stereocenters. The Morgan fingerprint density at radius 3 is 2.88 bits per heavy atom. The second-order valence-corrected chi connectivity index (χ2v) is 4.65. The molecule has 1 rings (SSSR count). The SMILES string of the molecule is CCOC(=O)N1CCOC[C@H]1COP(=O)(O)O. The maximum Gasteiger partial charge on any atom is 0.469 e. The van der Waals surface area contributed by atoms with Crippen molar-refractivity contribution < 1.29 is 33.1 Å². The van der Waals surface area contributed by atoms with E-state index in [1.165, 1.54) is 4.90 Å². The van der Waals surface area contributed by atoms with E-state index in [0.717, 1.165) is 0 Å². The van der Waals surface area contributed by atoms with Crippen LogP contribution in [-0.4, -0.2) is 59.8 Å². The van der Waals surface area contributed by atoms with E-state index >= 15 is 0 Å². The van der Waals surface area contributed by atoms with Gasteiger partial charge in [-0.1, -0.05) is 0 Å². The fraction of sp³-hybridized carbons (Fsp3) is 0.875. The molecule has 0 radical (unpaired) electrons. The third-order valence-corrected chi connectivity index (χ3v) is 2.65. The monoisotopic (exact) mass is 269 g/mol. The summed E-state index contributed by atoms with van der Waals surface area (Å²) in [6, 6.07) is -0.546. The Bertz CT molecular complexity index is 304. The molecule has 1 fully saturated rings. The van der Waals surface area contributed by atoms with Crippen molar-refractivity contribution in [3.05, 3.63) is 0 Å². The third-order valence-electron chi connectivity index (χ3n) is 2.16. The number of carbonyl (C=O) groups is 1. The van der Waals surface area contributed by atoms with Gasteiger partial charge in [0.05, 0.1) is 32.5 Å². The van der Waals surface area contributed by atoms with Crippen LogP contribution in [0.5, 0.6) is 0 Å². The minimum Gasteiger partial charge on any atom is -0.450 e. The molecule has 17 heavy (non-hydrogen) atoms. The second kappa shape index (κ2) is 6.32. The van der Waals surface area contributed by atoms with Gasteiger partial charge in [-0.3, -0.25) is 9.42 Å². The number of hydrogen-bond acceptors (Lipinski definition) is 5. The van der Waals surface area contributed by atoms with Gasteiger partial charge in [0, 0.05) is 6.54 Å². The van der Waals surface area contributed by atoms with Gasteiger partial charge in [-0.05, 0) is 6.92 Å². The molecule has 0 aromatic carbocycles. The van der Waals surface area contributed by atoms with Gasteiger partial charge in [0.15, 0.2) is 0 Å². The lowest BCUT2D eigenvalue weighted by Gasteiger charge is -2.34. The van der Waals surface area contributed by atoms with Crippen molar-refractivity contribution in [2.75, 3.05) is 33.0 Å². The summed E-state index contributed by atoms with van der Waals surface area (Å²) in [6.07, 6.45) is -0.532. The van der Waals surface area contributed by atoms with Crippen molar-refractivity contribution in [3.63, 3.8) is 0 Å². The molecule has 1 saturated heterocycles. The van der Waals surface area contributed by atoms with Crippen LogP contribution in [0.1, 0.15) is 6.92 Å². The molecule has 1 aliphatic rings. The highest BCUT2D eigenvalue weighted by molar-refractivity contribution is 7.46. The molecule has 2 N–H and O–H groups in total. The van der Waals surface area contributed by atoms with Crippen LogP contribution in [-0.2, 0) is 18.6 Å². The molecule has 0 spiro atoms. The molecular weight excluding hydrogens is 253 g/mol. The van der Waals surface area contributed by atoms with E-state index in [2.05, 4.69) is 4.52 Å². The summed E-state index contributed by atoms with van der Waals surface area (Å²) in [6.45, 7) is 2.48. The predicted octanol–water partition coefficient (Wildman–Crippen LogP) is -0.0470. The first-order valence-electron chi connectivity index (χ1n) is 5.15. The van der Waals surface area contributed by atoms with Crippen LogP contribution in [0.15, 0.2) is 0 Å². The Morgan fingerprint density at radius 2 is 2.29 bits per heavy atom. The molecule has 0 bridgehead atoms. The van der Waals surface area contributed by atoms with Crippen molar-refractivity contribution >= 4 is 13.9 Å². The molecule has 0 aliphatic carbocycles. The van der Waals surface area contributed by atoms with Gasteiger partial charge in [0.25, 0.3) is 0 Å². The summed E-state index contributed by atoms with van der Waals surface area (Å²) >= 11 is 0. The average molecular weight is 269 g/mol. The van der Waals surface area contributed by atoms with Crippen molar-refractivity contribution in [1.29, 1.82) is 0 Å². The third kappa shape index (κ3) is 5.01. The van der Waals surface area contributed by atoms with Gasteiger partial charge in [-0.25, -0.2) is 9.36 Å². The number of phosphoric acid groups is 1. The van der Waals surface area contributed by atoms with Gasteiger partial charge < -0.3 is 19.3 Å². The van der Waals surface area contributed by atoms with Crippen LogP contribution >= 0.6 is 7.82 Å². The van der Waals surface area contributed by atoms with Gasteiger partial charge >= 0.3 is 13.9 Å². The predicted molar refractivity (Wildman–Crippen MR) is 56.3 cm³/mol. The zero-order chi connectivity index (χ0) is 12.9. The fourth-order valence-corrected chi connectivity index (χ4v) is 1.79. The van der Waals surface area contributed by atoms with E-state index < -0.39 is 20.0 Å². The van der Waals surface area contributed by atoms with Gasteiger partial charge in [0.2, 0.25) is 0 Å². The molecular formula is C8H16NO7P. The van der Waals surface area contributed by atoms with E-state index in [9.17, 15) is 9.36 Å². The Balaban J connectivity index is 2.53. The van der Waals surface area contributed by atoms with Crippen molar-refractivity contribution in [1.82, 2.24) is 4.90 Å². The lowest BCUT2D eigenvalue weighted by molar-refractivity contribution is -0.0248. The zero-order valence-electron chi connectivity index (χ0n) is 9.44. The first-order valence-corrected chi connectivity index (χ1v) is 6.68. The van der Waals surface area contributed by atoms with E-state index in [1.54, 1.807) is 6.92 Å². The van der Waals surface area contributed by atoms with Crippen LogP contribution < -0.4 is 0 Å². The number of rotatable bonds is 4. The molecule has 1 heterocycles. The number of carbonyl (C=O) groups excluding carboxylic acids is 1. The zero-order valence-corrected chi connectivity index (χ0v) is 10.3. The maximum absolute atomic E-state index is 11.5. The Morgan fingerprint density at radius 1 is 1.59 bits per heavy atom. The molecule has 100 valence electrons. The van der Waals surface area contributed by atoms with Crippen LogP contribution in [0, 0.1) is 0 Å². The van der Waals surface area contributed by atoms with E-state index in [-0.39, 0.29) is 19.8 Å². The molecule has 0 aromatic heterocycles. The summed E-state index contributed by atoms with van der Waals surface area (Å²) in [5, 5.41) is 0. The first kappa shape index (κ1) is 14.4. The smallest absolute Gasteiger partial charge is 0.450 e. The Hall–Kier alpha value is -0.660. The lowest BCUT2D eigenvalue weighted by Crippen LogP contribution is -2.50. The number of amides is 1. The molecule has 0 saturated carbocycles. The molecule has 1 aliphatic heterocycles. The molecule has 8 nitrogen and oxygen atoms in total. The summed E-state index contributed by atoms with van der Waals surface area (Å²) in [7, 11) is -4.54. The Kier molecular flexibility index (Phi) is 5.35. The Labute approximate surface area is 98.7 Å². The van der Waals surface area contributed by atoms with E-state index in [1.807, 2.05) is 0 Å². The molecule has 0 aromatic rings. The highest BCUT2D eigenvalue weighted by Gasteiger charge is 2.30. The number of ether oxygens (including phenoxy) is 2. The quantitative estimate of drug-likeness (QED) is 0.689. The standard InChI is InChI=1S/C8H16NO7P/c1-2-15-8(10)9-3-4-14-5-7(9)6-16-17(11,12)13/h7H,2-6H2,1H3,(H2,11,12,13)/t7-/m0/s1. The highest BCUT2D eigenvalue weighted by atomic mass is 31.2. The molecule has 1 amide bonds. The summed E-state index contributed by atoms with van der Waals surface area (Å²) in [4.78, 5) is 30.1. The normalized spacial score (nSPS) is 21.4. The van der Waals surface area contributed by atoms with Gasteiger partial charge in [-0.2, -0.15) is 0 Å². The number of hydrogen-bond donors (Lipinski definition) is 2. The first-order chi connectivity index (χ1) is 7.94. The topological polar surface area (TPSA) is 106 Å². The maximum atomic E-state index is 11.5. The summed E-state index contributed by atoms with van der Waals surface area (Å²) in [5.74, 6) is 0. The number of phosphoric ester groups is 1. The molecule has 9 heteroatoms. The molecule has 1 atom stereocenters. The second-order valence-electron chi connectivity index (χ2n) is 3.41. The minimum absolute atomic E-state index is 0.165. The van der Waals surface area contributed by atoms with Crippen molar-refractivity contribution in [3.8, 4) is 0 Å². The number of nitrogens with zero attached hydrogens (tertiary/aromatic N) is 1. The van der Waals surface area contributed by atoms with E-state index in [4.69, 9.17) is 19.3 Å². The van der Waals surface area contributed by atoms with Crippen LogP contribution in [0.4, 0.5) is 4.79 Å². The lowest BCUT2D eigenvalue weighted by atomic mass is 10.2. The van der Waals surface area contributed by atoms with Gasteiger partial charge in [-0.15, -0.1) is 0 Å². The van der Waals surface area contributed by atoms with Crippen LogP contribution in [0.25, 0.3) is 0 Å². The van der Waals surface area contributed by atoms with Crippen molar-refractivity contribution in [2.24, 2.45) is 0 Å².